The molecule has 31 heavy (non-hydrogen) atoms. The maximum Gasteiger partial charge on any atom is 0.241 e. The first-order valence-corrected chi connectivity index (χ1v) is 11.5. The van der Waals surface area contributed by atoms with Crippen molar-refractivity contribution in [3.05, 3.63) is 65.5 Å². The molecular formula is C25H35N5O. The van der Waals surface area contributed by atoms with Crippen molar-refractivity contribution in [2.24, 2.45) is 5.92 Å². The first-order chi connectivity index (χ1) is 15.1. The Labute approximate surface area is 186 Å². The predicted octanol–water partition coefficient (Wildman–Crippen LogP) is 2.89. The van der Waals surface area contributed by atoms with Crippen LogP contribution in [0.1, 0.15) is 42.9 Å². The van der Waals surface area contributed by atoms with Crippen molar-refractivity contribution in [3.63, 3.8) is 0 Å². The van der Waals surface area contributed by atoms with Gasteiger partial charge in [-0.05, 0) is 74.9 Å². The third-order valence-electron chi connectivity index (χ3n) is 6.64. The molecule has 0 saturated carbocycles. The van der Waals surface area contributed by atoms with Crippen molar-refractivity contribution in [1.29, 1.82) is 0 Å². The number of nitrogens with zero attached hydrogens (tertiary/aromatic N) is 3. The quantitative estimate of drug-likeness (QED) is 0.720. The third-order valence-corrected chi connectivity index (χ3v) is 6.64. The summed E-state index contributed by atoms with van der Waals surface area (Å²) < 4.78 is 0. The molecule has 2 N–H and O–H groups in total. The maximum atomic E-state index is 13.3. The minimum absolute atomic E-state index is 0.146. The van der Waals surface area contributed by atoms with E-state index < -0.39 is 0 Å². The number of carbonyl (C=O) groups excluding carboxylic acids is 1. The highest BCUT2D eigenvalue weighted by Gasteiger charge is 2.32. The number of hydrogen-bond acceptors (Lipinski definition) is 5. The average molecular weight is 422 g/mol. The van der Waals surface area contributed by atoms with Gasteiger partial charge in [-0.3, -0.25) is 20.1 Å². The van der Waals surface area contributed by atoms with Crippen LogP contribution in [0.3, 0.4) is 0 Å². The Morgan fingerprint density at radius 3 is 2.65 bits per heavy atom. The second-order valence-corrected chi connectivity index (χ2v) is 9.20. The van der Waals surface area contributed by atoms with Crippen LogP contribution in [0, 0.1) is 12.8 Å². The molecule has 2 saturated heterocycles. The fourth-order valence-electron chi connectivity index (χ4n) is 4.71. The number of carbonyl (C=O) groups is 1. The lowest BCUT2D eigenvalue weighted by atomic mass is 9.95. The van der Waals surface area contributed by atoms with Gasteiger partial charge in [0.25, 0.3) is 0 Å². The zero-order valence-corrected chi connectivity index (χ0v) is 18.8. The molecule has 6 heteroatoms. The average Bonchev–Trinajstić information content (AvgIpc) is 3.23. The Bertz CT molecular complexity index is 850. The molecule has 0 radical (unpaired) electrons. The van der Waals surface area contributed by atoms with E-state index in [2.05, 4.69) is 69.8 Å². The fourth-order valence-corrected chi connectivity index (χ4v) is 4.71. The van der Waals surface area contributed by atoms with Crippen LogP contribution in [0.15, 0.2) is 48.8 Å². The van der Waals surface area contributed by atoms with Crippen LogP contribution in [-0.4, -0.2) is 52.4 Å². The summed E-state index contributed by atoms with van der Waals surface area (Å²) in [6.45, 7) is 8.95. The molecule has 3 heterocycles. The minimum atomic E-state index is -0.146. The van der Waals surface area contributed by atoms with E-state index in [9.17, 15) is 4.79 Å². The van der Waals surface area contributed by atoms with Gasteiger partial charge in [0.05, 0.1) is 0 Å². The summed E-state index contributed by atoms with van der Waals surface area (Å²) in [6, 6.07) is 12.8. The van der Waals surface area contributed by atoms with Gasteiger partial charge in [0.1, 0.15) is 6.04 Å². The molecule has 0 bridgehead atoms. The van der Waals surface area contributed by atoms with Gasteiger partial charge in [0.2, 0.25) is 5.91 Å². The van der Waals surface area contributed by atoms with Crippen LogP contribution >= 0.6 is 0 Å². The number of nitrogens with one attached hydrogen (secondary N) is 2. The molecule has 6 nitrogen and oxygen atoms in total. The van der Waals surface area contributed by atoms with Gasteiger partial charge in [-0.15, -0.1) is 0 Å². The topological polar surface area (TPSA) is 60.5 Å². The largest absolute Gasteiger partial charge is 0.337 e. The Kier molecular flexibility index (Phi) is 7.33. The molecule has 166 valence electrons. The number of hydrogen-bond donors (Lipinski definition) is 2. The summed E-state index contributed by atoms with van der Waals surface area (Å²) in [6.07, 6.45) is 6.75. The number of benzene rings is 1. The van der Waals surface area contributed by atoms with Crippen LogP contribution in [0.25, 0.3) is 0 Å². The summed E-state index contributed by atoms with van der Waals surface area (Å²) >= 11 is 0. The second-order valence-electron chi connectivity index (χ2n) is 9.20. The van der Waals surface area contributed by atoms with Gasteiger partial charge in [-0.2, -0.15) is 0 Å². The zero-order valence-electron chi connectivity index (χ0n) is 18.8. The van der Waals surface area contributed by atoms with E-state index in [1.165, 1.54) is 11.1 Å². The van der Waals surface area contributed by atoms with Crippen LogP contribution in [0.4, 0.5) is 0 Å². The van der Waals surface area contributed by atoms with E-state index in [1.54, 1.807) is 6.20 Å². The fraction of sp³-hybridized carbons (Fsp3) is 0.520. The van der Waals surface area contributed by atoms with Gasteiger partial charge >= 0.3 is 0 Å². The Morgan fingerprint density at radius 2 is 1.97 bits per heavy atom. The number of rotatable bonds is 7. The number of aryl methyl sites for hydroxylation is 1. The number of likely N-dealkylation sites (tertiary alicyclic amines) is 1. The molecule has 2 fully saturated rings. The molecule has 1 aromatic heterocycles. The van der Waals surface area contributed by atoms with Crippen molar-refractivity contribution < 1.29 is 4.79 Å². The van der Waals surface area contributed by atoms with E-state index in [0.717, 1.165) is 51.0 Å². The molecule has 4 rings (SSSR count). The zero-order chi connectivity index (χ0) is 21.6. The van der Waals surface area contributed by atoms with Crippen LogP contribution in [-0.2, 0) is 17.9 Å². The third kappa shape index (κ3) is 5.91. The first-order valence-electron chi connectivity index (χ1n) is 11.5. The summed E-state index contributed by atoms with van der Waals surface area (Å²) in [5, 5.41) is 0. The van der Waals surface area contributed by atoms with E-state index in [-0.39, 0.29) is 11.9 Å². The van der Waals surface area contributed by atoms with Crippen molar-refractivity contribution in [2.75, 3.05) is 19.6 Å². The highest BCUT2D eigenvalue weighted by atomic mass is 16.2. The lowest BCUT2D eigenvalue weighted by molar-refractivity contribution is -0.134. The monoisotopic (exact) mass is 421 g/mol. The number of amides is 1. The van der Waals surface area contributed by atoms with Crippen LogP contribution < -0.4 is 10.9 Å². The summed E-state index contributed by atoms with van der Waals surface area (Å²) in [5.74, 6) is 0.739. The molecule has 1 amide bonds. The number of pyridine rings is 1. The molecule has 2 aliphatic rings. The minimum Gasteiger partial charge on any atom is -0.337 e. The first kappa shape index (κ1) is 21.9. The second kappa shape index (κ2) is 10.4. The predicted molar refractivity (Wildman–Crippen MR) is 123 cm³/mol. The highest BCUT2D eigenvalue weighted by Crippen LogP contribution is 2.23. The standard InChI is InChI=1S/C25H35N5O/c1-19-6-3-4-8-23(19)18-29-12-9-21(10-13-29)16-30(17-22-7-5-11-26-15-22)25(31)24-14-20(2)27-28-24/h3-8,11,15,20-21,24,27-28H,9-10,12-14,16-18H2,1-2H3. The van der Waals surface area contributed by atoms with Gasteiger partial charge in [0, 0.05) is 38.1 Å². The van der Waals surface area contributed by atoms with Crippen molar-refractivity contribution in [2.45, 2.75) is 58.3 Å². The lowest BCUT2D eigenvalue weighted by Crippen LogP contribution is -2.48. The molecule has 2 atom stereocenters. The molecular weight excluding hydrogens is 386 g/mol. The van der Waals surface area contributed by atoms with Crippen LogP contribution in [0.2, 0.25) is 0 Å². The SMILES string of the molecule is Cc1ccccc1CN1CCC(CN(Cc2cccnc2)C(=O)C2CC(C)NN2)CC1. The Morgan fingerprint density at radius 1 is 1.16 bits per heavy atom. The molecule has 0 aliphatic carbocycles. The van der Waals surface area contributed by atoms with E-state index in [4.69, 9.17) is 0 Å². The summed E-state index contributed by atoms with van der Waals surface area (Å²) in [7, 11) is 0. The number of hydrazine groups is 1. The molecule has 0 spiro atoms. The molecule has 2 aliphatic heterocycles. The van der Waals surface area contributed by atoms with Gasteiger partial charge in [-0.1, -0.05) is 30.3 Å². The van der Waals surface area contributed by atoms with Gasteiger partial charge in [-0.25, -0.2) is 5.43 Å². The van der Waals surface area contributed by atoms with Crippen molar-refractivity contribution in [1.82, 2.24) is 25.6 Å². The number of piperidine rings is 1. The normalized spacial score (nSPS) is 22.5. The Hall–Kier alpha value is -2.28. The number of aromatic nitrogens is 1. The van der Waals surface area contributed by atoms with Crippen molar-refractivity contribution in [3.8, 4) is 0 Å². The Balaban J connectivity index is 1.35. The van der Waals surface area contributed by atoms with Crippen molar-refractivity contribution >= 4 is 5.91 Å². The van der Waals surface area contributed by atoms with Crippen LogP contribution in [0.5, 0.6) is 0 Å². The van der Waals surface area contributed by atoms with E-state index in [0.29, 0.717) is 18.5 Å². The summed E-state index contributed by atoms with van der Waals surface area (Å²) in [4.78, 5) is 22.1. The van der Waals surface area contributed by atoms with Gasteiger partial charge < -0.3 is 4.90 Å². The lowest BCUT2D eigenvalue weighted by Gasteiger charge is -2.36. The van der Waals surface area contributed by atoms with E-state index in [1.807, 2.05) is 12.3 Å². The molecule has 2 aromatic rings. The molecule has 1 aromatic carbocycles. The summed E-state index contributed by atoms with van der Waals surface area (Å²) in [5.41, 5.74) is 10.2. The van der Waals surface area contributed by atoms with E-state index >= 15 is 0 Å². The van der Waals surface area contributed by atoms with Gasteiger partial charge in [0.15, 0.2) is 0 Å². The highest BCUT2D eigenvalue weighted by molar-refractivity contribution is 5.82. The smallest absolute Gasteiger partial charge is 0.241 e. The molecule has 2 unspecified atom stereocenters. The maximum absolute atomic E-state index is 13.3.